The number of carbonyl (C=O) groups excluding carboxylic acids is 1. The van der Waals surface area contributed by atoms with Crippen LogP contribution in [0.15, 0.2) is 36.4 Å². The molecular formula is C17H15FN2O. The van der Waals surface area contributed by atoms with Gasteiger partial charge in [-0.3, -0.25) is 9.20 Å². The van der Waals surface area contributed by atoms with Crippen molar-refractivity contribution in [1.29, 1.82) is 0 Å². The molecule has 0 saturated heterocycles. The summed E-state index contributed by atoms with van der Waals surface area (Å²) in [6.45, 7) is 3.76. The Labute approximate surface area is 122 Å². The fraction of sp³-hybridized carbons (Fsp3) is 0.176. The van der Waals surface area contributed by atoms with Crippen molar-refractivity contribution < 1.29 is 9.18 Å². The molecule has 0 radical (unpaired) electrons. The molecule has 1 aromatic carbocycles. The Bertz CT molecular complexity index is 836. The van der Waals surface area contributed by atoms with E-state index in [-0.39, 0.29) is 5.82 Å². The van der Waals surface area contributed by atoms with Gasteiger partial charge < -0.3 is 0 Å². The SMILES string of the molecule is CCc1cccc2nc(C=O)c(-c3ccc(F)c(C)c3)n12. The maximum atomic E-state index is 13.5. The summed E-state index contributed by atoms with van der Waals surface area (Å²) in [5, 5.41) is 0. The highest BCUT2D eigenvalue weighted by atomic mass is 19.1. The largest absolute Gasteiger partial charge is 0.296 e. The maximum absolute atomic E-state index is 13.5. The van der Waals surface area contributed by atoms with Crippen LogP contribution in [-0.4, -0.2) is 15.7 Å². The molecule has 0 N–H and O–H groups in total. The third kappa shape index (κ3) is 2.13. The predicted molar refractivity (Wildman–Crippen MR) is 80.1 cm³/mol. The Morgan fingerprint density at radius 1 is 1.29 bits per heavy atom. The van der Waals surface area contributed by atoms with E-state index in [1.165, 1.54) is 6.07 Å². The van der Waals surface area contributed by atoms with Gasteiger partial charge in [0, 0.05) is 11.3 Å². The summed E-state index contributed by atoms with van der Waals surface area (Å²) in [5.41, 5.74) is 4.23. The summed E-state index contributed by atoms with van der Waals surface area (Å²) >= 11 is 0. The fourth-order valence-corrected chi connectivity index (χ4v) is 2.60. The van der Waals surface area contributed by atoms with Gasteiger partial charge in [-0.25, -0.2) is 9.37 Å². The number of hydrogen-bond acceptors (Lipinski definition) is 2. The smallest absolute Gasteiger partial charge is 0.170 e. The van der Waals surface area contributed by atoms with E-state index in [0.717, 1.165) is 35.3 Å². The molecule has 3 rings (SSSR count). The van der Waals surface area contributed by atoms with Gasteiger partial charge in [-0.05, 0) is 49.2 Å². The second-order valence-electron chi connectivity index (χ2n) is 4.99. The van der Waals surface area contributed by atoms with Crippen LogP contribution in [0.25, 0.3) is 16.9 Å². The van der Waals surface area contributed by atoms with Gasteiger partial charge >= 0.3 is 0 Å². The van der Waals surface area contributed by atoms with E-state index in [1.54, 1.807) is 19.1 Å². The standard InChI is InChI=1S/C17H15FN2O/c1-3-13-5-4-6-16-19-15(10-21)17(20(13)16)12-7-8-14(18)11(2)9-12/h4-10H,3H2,1-2H3. The van der Waals surface area contributed by atoms with E-state index >= 15 is 0 Å². The first-order valence-corrected chi connectivity index (χ1v) is 6.87. The monoisotopic (exact) mass is 282 g/mol. The molecular weight excluding hydrogens is 267 g/mol. The van der Waals surface area contributed by atoms with E-state index < -0.39 is 0 Å². The molecule has 0 saturated carbocycles. The number of aldehydes is 1. The number of imidazole rings is 1. The van der Waals surface area contributed by atoms with E-state index in [1.807, 2.05) is 22.6 Å². The Balaban J connectivity index is 2.39. The van der Waals surface area contributed by atoms with Crippen molar-refractivity contribution in [3.8, 4) is 11.3 Å². The molecule has 3 nitrogen and oxygen atoms in total. The minimum Gasteiger partial charge on any atom is -0.296 e. The van der Waals surface area contributed by atoms with Crippen molar-refractivity contribution in [2.75, 3.05) is 0 Å². The second kappa shape index (κ2) is 5.13. The summed E-state index contributed by atoms with van der Waals surface area (Å²) in [4.78, 5) is 15.7. The number of aryl methyl sites for hydroxylation is 2. The highest BCUT2D eigenvalue weighted by Gasteiger charge is 2.16. The van der Waals surface area contributed by atoms with Crippen molar-refractivity contribution in [2.24, 2.45) is 0 Å². The van der Waals surface area contributed by atoms with E-state index in [4.69, 9.17) is 0 Å². The molecule has 3 aromatic rings. The van der Waals surface area contributed by atoms with E-state index in [2.05, 4.69) is 11.9 Å². The number of hydrogen-bond donors (Lipinski definition) is 0. The average molecular weight is 282 g/mol. The lowest BCUT2D eigenvalue weighted by Gasteiger charge is -2.09. The van der Waals surface area contributed by atoms with Gasteiger partial charge in [-0.15, -0.1) is 0 Å². The second-order valence-corrected chi connectivity index (χ2v) is 4.99. The number of benzene rings is 1. The van der Waals surface area contributed by atoms with E-state index in [0.29, 0.717) is 11.3 Å². The molecule has 0 bridgehead atoms. The number of rotatable bonds is 3. The molecule has 0 aliphatic rings. The van der Waals surface area contributed by atoms with Crippen molar-refractivity contribution in [2.45, 2.75) is 20.3 Å². The zero-order valence-corrected chi connectivity index (χ0v) is 11.9. The minimum absolute atomic E-state index is 0.254. The molecule has 2 heterocycles. The molecule has 0 spiro atoms. The molecule has 0 aliphatic carbocycles. The van der Waals surface area contributed by atoms with Crippen LogP contribution in [0, 0.1) is 12.7 Å². The quantitative estimate of drug-likeness (QED) is 0.684. The third-order valence-corrected chi connectivity index (χ3v) is 3.66. The van der Waals surface area contributed by atoms with Gasteiger partial charge in [0.1, 0.15) is 17.2 Å². The van der Waals surface area contributed by atoms with Crippen LogP contribution in [0.5, 0.6) is 0 Å². The van der Waals surface area contributed by atoms with Gasteiger partial charge in [0.05, 0.1) is 5.69 Å². The third-order valence-electron chi connectivity index (χ3n) is 3.66. The molecule has 0 atom stereocenters. The lowest BCUT2D eigenvalue weighted by Crippen LogP contribution is -1.98. The Kier molecular flexibility index (Phi) is 3.29. The zero-order chi connectivity index (χ0) is 15.0. The molecule has 0 fully saturated rings. The lowest BCUT2D eigenvalue weighted by atomic mass is 10.1. The van der Waals surface area contributed by atoms with Crippen LogP contribution < -0.4 is 0 Å². The normalized spacial score (nSPS) is 11.0. The van der Waals surface area contributed by atoms with Crippen molar-refractivity contribution in [3.05, 3.63) is 59.2 Å². The van der Waals surface area contributed by atoms with Crippen LogP contribution in [-0.2, 0) is 6.42 Å². The predicted octanol–water partition coefficient (Wildman–Crippen LogP) is 3.82. The van der Waals surface area contributed by atoms with E-state index in [9.17, 15) is 9.18 Å². The summed E-state index contributed by atoms with van der Waals surface area (Å²) in [5.74, 6) is -0.254. The lowest BCUT2D eigenvalue weighted by molar-refractivity contribution is 0.112. The highest BCUT2D eigenvalue weighted by Crippen LogP contribution is 2.27. The number of carbonyl (C=O) groups is 1. The highest BCUT2D eigenvalue weighted by molar-refractivity contribution is 5.86. The number of nitrogens with zero attached hydrogens (tertiary/aromatic N) is 2. The first-order chi connectivity index (χ1) is 10.2. The van der Waals surface area contributed by atoms with Crippen LogP contribution in [0.1, 0.15) is 28.7 Å². The van der Waals surface area contributed by atoms with Crippen LogP contribution in [0.2, 0.25) is 0 Å². The Morgan fingerprint density at radius 3 is 2.76 bits per heavy atom. The first-order valence-electron chi connectivity index (χ1n) is 6.87. The zero-order valence-electron chi connectivity index (χ0n) is 11.9. The molecule has 21 heavy (non-hydrogen) atoms. The summed E-state index contributed by atoms with van der Waals surface area (Å²) in [7, 11) is 0. The molecule has 4 heteroatoms. The van der Waals surface area contributed by atoms with Gasteiger partial charge in [0.15, 0.2) is 6.29 Å². The van der Waals surface area contributed by atoms with Crippen molar-refractivity contribution in [1.82, 2.24) is 9.38 Å². The van der Waals surface area contributed by atoms with Crippen LogP contribution >= 0.6 is 0 Å². The maximum Gasteiger partial charge on any atom is 0.170 e. The molecule has 0 aliphatic heterocycles. The van der Waals surface area contributed by atoms with Crippen LogP contribution in [0.4, 0.5) is 4.39 Å². The van der Waals surface area contributed by atoms with Crippen LogP contribution in [0.3, 0.4) is 0 Å². The molecule has 2 aromatic heterocycles. The molecule has 0 amide bonds. The summed E-state index contributed by atoms with van der Waals surface area (Å²) < 4.78 is 15.5. The summed E-state index contributed by atoms with van der Waals surface area (Å²) in [6, 6.07) is 10.7. The topological polar surface area (TPSA) is 34.4 Å². The summed E-state index contributed by atoms with van der Waals surface area (Å²) in [6.07, 6.45) is 1.57. The number of pyridine rings is 1. The van der Waals surface area contributed by atoms with Crippen molar-refractivity contribution in [3.63, 3.8) is 0 Å². The Morgan fingerprint density at radius 2 is 2.10 bits per heavy atom. The first kappa shape index (κ1) is 13.5. The number of aromatic nitrogens is 2. The van der Waals surface area contributed by atoms with Crippen molar-refractivity contribution >= 4 is 11.9 Å². The van der Waals surface area contributed by atoms with Gasteiger partial charge in [-0.1, -0.05) is 13.0 Å². The van der Waals surface area contributed by atoms with Gasteiger partial charge in [0.25, 0.3) is 0 Å². The van der Waals surface area contributed by atoms with Gasteiger partial charge in [0.2, 0.25) is 0 Å². The molecule has 106 valence electrons. The number of halogens is 1. The molecule has 0 unspecified atom stereocenters. The minimum atomic E-state index is -0.254. The number of fused-ring (bicyclic) bond motifs is 1. The Hall–Kier alpha value is -2.49. The fourth-order valence-electron chi connectivity index (χ4n) is 2.60. The van der Waals surface area contributed by atoms with Gasteiger partial charge in [-0.2, -0.15) is 0 Å². The average Bonchev–Trinajstić information content (AvgIpc) is 2.88.